The highest BCUT2D eigenvalue weighted by atomic mass is 14.9. The summed E-state index contributed by atoms with van der Waals surface area (Å²) in [5, 5.41) is 3.42. The predicted molar refractivity (Wildman–Crippen MR) is 71.9 cm³/mol. The lowest BCUT2D eigenvalue weighted by atomic mass is 10.1. The Labute approximate surface area is 105 Å². The molecule has 0 aliphatic carbocycles. The molecule has 1 N–H and O–H groups in total. The van der Waals surface area contributed by atoms with Gasteiger partial charge in [0.1, 0.15) is 5.82 Å². The number of rotatable bonds is 6. The quantitative estimate of drug-likeness (QED) is 0.824. The largest absolute Gasteiger partial charge is 0.312 e. The van der Waals surface area contributed by atoms with Gasteiger partial charge in [0, 0.05) is 30.4 Å². The van der Waals surface area contributed by atoms with Gasteiger partial charge in [0.15, 0.2) is 0 Å². The molecule has 0 bridgehead atoms. The Morgan fingerprint density at radius 1 is 1.18 bits per heavy atom. The van der Waals surface area contributed by atoms with Crippen molar-refractivity contribution in [3.63, 3.8) is 0 Å². The van der Waals surface area contributed by atoms with Crippen molar-refractivity contribution in [3.8, 4) is 0 Å². The van der Waals surface area contributed by atoms with Gasteiger partial charge in [-0.1, -0.05) is 27.7 Å². The molecule has 0 saturated carbocycles. The molecule has 1 aromatic rings. The second-order valence-corrected chi connectivity index (χ2v) is 5.52. The van der Waals surface area contributed by atoms with E-state index in [-0.39, 0.29) is 0 Å². The topological polar surface area (TPSA) is 37.8 Å². The fourth-order valence-corrected chi connectivity index (χ4v) is 1.67. The molecule has 0 aliphatic heterocycles. The summed E-state index contributed by atoms with van der Waals surface area (Å²) in [6.45, 7) is 12.8. The number of aromatic nitrogens is 2. The van der Waals surface area contributed by atoms with Crippen LogP contribution < -0.4 is 5.32 Å². The number of aryl methyl sites for hydroxylation is 1. The zero-order valence-corrected chi connectivity index (χ0v) is 11.7. The van der Waals surface area contributed by atoms with Gasteiger partial charge in [-0.25, -0.2) is 9.97 Å². The van der Waals surface area contributed by atoms with E-state index in [1.807, 2.05) is 6.20 Å². The summed E-state index contributed by atoms with van der Waals surface area (Å²) in [6.07, 6.45) is 2.92. The summed E-state index contributed by atoms with van der Waals surface area (Å²) in [7, 11) is 0. The zero-order valence-electron chi connectivity index (χ0n) is 11.7. The average Bonchev–Trinajstić information content (AvgIpc) is 2.20. The van der Waals surface area contributed by atoms with Crippen LogP contribution in [0.4, 0.5) is 0 Å². The molecule has 0 aromatic carbocycles. The highest BCUT2D eigenvalue weighted by Gasteiger charge is 2.05. The van der Waals surface area contributed by atoms with E-state index in [4.69, 9.17) is 0 Å². The van der Waals surface area contributed by atoms with Crippen LogP contribution in [0.1, 0.15) is 44.8 Å². The van der Waals surface area contributed by atoms with Crippen molar-refractivity contribution in [2.45, 2.75) is 47.6 Å². The smallest absolute Gasteiger partial charge is 0.128 e. The lowest BCUT2D eigenvalue weighted by molar-refractivity contribution is 0.548. The second kappa shape index (κ2) is 6.70. The Hall–Kier alpha value is -0.960. The number of hydrogen-bond acceptors (Lipinski definition) is 3. The van der Waals surface area contributed by atoms with E-state index in [0.29, 0.717) is 11.8 Å². The molecule has 3 heteroatoms. The van der Waals surface area contributed by atoms with Crippen LogP contribution >= 0.6 is 0 Å². The molecule has 0 aliphatic rings. The molecule has 0 spiro atoms. The lowest BCUT2D eigenvalue weighted by Crippen LogP contribution is -2.20. The third-order valence-electron chi connectivity index (χ3n) is 2.59. The molecule has 0 amide bonds. The minimum atomic E-state index is 0.610. The van der Waals surface area contributed by atoms with E-state index in [1.54, 1.807) is 0 Å². The van der Waals surface area contributed by atoms with E-state index in [9.17, 15) is 0 Å². The summed E-state index contributed by atoms with van der Waals surface area (Å²) in [4.78, 5) is 8.99. The number of nitrogens with zero attached hydrogens (tertiary/aromatic N) is 2. The summed E-state index contributed by atoms with van der Waals surface area (Å²) in [6, 6.07) is 0. The molecule has 3 nitrogen and oxygen atoms in total. The predicted octanol–water partition coefficient (Wildman–Crippen LogP) is 2.73. The van der Waals surface area contributed by atoms with Crippen LogP contribution in [0.3, 0.4) is 0 Å². The van der Waals surface area contributed by atoms with Gasteiger partial charge in [0.25, 0.3) is 0 Å². The standard InChI is InChI=1S/C14H25N3/c1-10(2)6-14-16-9-13(12(5)17-14)8-15-7-11(3)4/h9-11,15H,6-8H2,1-5H3. The van der Waals surface area contributed by atoms with Crippen molar-refractivity contribution in [1.29, 1.82) is 0 Å². The number of hydrogen-bond donors (Lipinski definition) is 1. The molecule has 1 heterocycles. The Bertz CT molecular complexity index is 345. The SMILES string of the molecule is Cc1nc(CC(C)C)ncc1CNCC(C)C. The summed E-state index contributed by atoms with van der Waals surface area (Å²) in [5.41, 5.74) is 2.31. The van der Waals surface area contributed by atoms with E-state index in [1.165, 1.54) is 5.56 Å². The van der Waals surface area contributed by atoms with Crippen molar-refractivity contribution >= 4 is 0 Å². The molecule has 1 rings (SSSR count). The first-order chi connectivity index (χ1) is 7.99. The van der Waals surface area contributed by atoms with Gasteiger partial charge in [0.05, 0.1) is 0 Å². The summed E-state index contributed by atoms with van der Waals surface area (Å²) < 4.78 is 0. The van der Waals surface area contributed by atoms with E-state index in [0.717, 1.165) is 31.0 Å². The molecule has 0 radical (unpaired) electrons. The highest BCUT2D eigenvalue weighted by Crippen LogP contribution is 2.07. The van der Waals surface area contributed by atoms with Crippen LogP contribution in [0, 0.1) is 18.8 Å². The number of nitrogens with one attached hydrogen (secondary N) is 1. The fraction of sp³-hybridized carbons (Fsp3) is 0.714. The third kappa shape index (κ3) is 5.26. The first-order valence-electron chi connectivity index (χ1n) is 6.51. The van der Waals surface area contributed by atoms with E-state index >= 15 is 0 Å². The molecule has 0 saturated heterocycles. The van der Waals surface area contributed by atoms with Crippen molar-refractivity contribution < 1.29 is 0 Å². The molecule has 17 heavy (non-hydrogen) atoms. The van der Waals surface area contributed by atoms with Crippen LogP contribution in [-0.2, 0) is 13.0 Å². The van der Waals surface area contributed by atoms with Crippen molar-refractivity contribution in [1.82, 2.24) is 15.3 Å². The fourth-order valence-electron chi connectivity index (χ4n) is 1.67. The first-order valence-corrected chi connectivity index (χ1v) is 6.51. The summed E-state index contributed by atoms with van der Waals surface area (Å²) >= 11 is 0. The molecule has 0 unspecified atom stereocenters. The van der Waals surface area contributed by atoms with E-state index < -0.39 is 0 Å². The van der Waals surface area contributed by atoms with Gasteiger partial charge in [-0.05, 0) is 25.3 Å². The van der Waals surface area contributed by atoms with Crippen molar-refractivity contribution in [3.05, 3.63) is 23.3 Å². The maximum Gasteiger partial charge on any atom is 0.128 e. The molecule has 0 atom stereocenters. The maximum absolute atomic E-state index is 4.56. The normalized spacial score (nSPS) is 11.5. The third-order valence-corrected chi connectivity index (χ3v) is 2.59. The van der Waals surface area contributed by atoms with Gasteiger partial charge in [-0.2, -0.15) is 0 Å². The molecular formula is C14H25N3. The Morgan fingerprint density at radius 2 is 1.88 bits per heavy atom. The van der Waals surface area contributed by atoms with Crippen LogP contribution in [0.25, 0.3) is 0 Å². The van der Waals surface area contributed by atoms with Crippen molar-refractivity contribution in [2.24, 2.45) is 11.8 Å². The molecule has 0 fully saturated rings. The minimum absolute atomic E-state index is 0.610. The Balaban J connectivity index is 2.57. The van der Waals surface area contributed by atoms with Gasteiger partial charge < -0.3 is 5.32 Å². The lowest BCUT2D eigenvalue weighted by Gasteiger charge is -2.10. The Morgan fingerprint density at radius 3 is 2.41 bits per heavy atom. The van der Waals surface area contributed by atoms with Gasteiger partial charge in [-0.3, -0.25) is 0 Å². The molecule has 1 aromatic heterocycles. The zero-order chi connectivity index (χ0) is 12.8. The average molecular weight is 235 g/mol. The monoisotopic (exact) mass is 235 g/mol. The van der Waals surface area contributed by atoms with Crippen LogP contribution in [0.2, 0.25) is 0 Å². The van der Waals surface area contributed by atoms with Gasteiger partial charge in [-0.15, -0.1) is 0 Å². The summed E-state index contributed by atoms with van der Waals surface area (Å²) in [5.74, 6) is 2.25. The van der Waals surface area contributed by atoms with Gasteiger partial charge in [0.2, 0.25) is 0 Å². The minimum Gasteiger partial charge on any atom is -0.312 e. The van der Waals surface area contributed by atoms with Crippen LogP contribution in [-0.4, -0.2) is 16.5 Å². The highest BCUT2D eigenvalue weighted by molar-refractivity contribution is 5.16. The van der Waals surface area contributed by atoms with Gasteiger partial charge >= 0.3 is 0 Å². The van der Waals surface area contributed by atoms with Crippen LogP contribution in [0.15, 0.2) is 6.20 Å². The first kappa shape index (κ1) is 14.1. The van der Waals surface area contributed by atoms with Crippen molar-refractivity contribution in [2.75, 3.05) is 6.54 Å². The maximum atomic E-state index is 4.56. The Kier molecular flexibility index (Phi) is 5.56. The molecule has 96 valence electrons. The second-order valence-electron chi connectivity index (χ2n) is 5.52. The van der Waals surface area contributed by atoms with Crippen LogP contribution in [0.5, 0.6) is 0 Å². The molecular weight excluding hydrogens is 210 g/mol. The van der Waals surface area contributed by atoms with E-state index in [2.05, 4.69) is 49.9 Å².